The van der Waals surface area contributed by atoms with Crippen molar-refractivity contribution in [1.82, 2.24) is 0 Å². The molecule has 2 aromatic carbocycles. The zero-order valence-corrected chi connectivity index (χ0v) is 19.2. The number of hydrogen-bond acceptors (Lipinski definition) is 6. The van der Waals surface area contributed by atoms with Gasteiger partial charge in [-0.2, -0.15) is 0 Å². The molecule has 0 fully saturated rings. The molecule has 2 aromatic heterocycles. The van der Waals surface area contributed by atoms with Crippen LogP contribution in [-0.2, 0) is 9.47 Å². The highest BCUT2D eigenvalue weighted by Gasteiger charge is 2.25. The maximum Gasteiger partial charge on any atom is 0.353 e. The summed E-state index contributed by atoms with van der Waals surface area (Å²) >= 11 is 2.58. The van der Waals surface area contributed by atoms with Gasteiger partial charge in [0, 0.05) is 11.1 Å². The fraction of sp³-hybridized carbons (Fsp3) is 0.0769. The van der Waals surface area contributed by atoms with Crippen molar-refractivity contribution >= 4 is 46.1 Å². The van der Waals surface area contributed by atoms with Crippen LogP contribution in [0.4, 0.5) is 0 Å². The van der Waals surface area contributed by atoms with E-state index in [4.69, 9.17) is 9.47 Å². The number of carbonyl (C=O) groups is 2. The third kappa shape index (κ3) is 4.72. The minimum Gasteiger partial charge on any atom is -0.418 e. The van der Waals surface area contributed by atoms with Gasteiger partial charge in [0.2, 0.25) is 0 Å². The average molecular weight is 461 g/mol. The Bertz CT molecular complexity index is 1170. The van der Waals surface area contributed by atoms with Crippen LogP contribution in [0.25, 0.3) is 11.5 Å². The zero-order chi connectivity index (χ0) is 22.5. The highest BCUT2D eigenvalue weighted by atomic mass is 32.1. The Morgan fingerprint density at radius 3 is 1.34 bits per heavy atom. The smallest absolute Gasteiger partial charge is 0.353 e. The maximum atomic E-state index is 13.0. The van der Waals surface area contributed by atoms with Gasteiger partial charge in [0.15, 0.2) is 11.5 Å². The van der Waals surface area contributed by atoms with E-state index in [2.05, 4.69) is 0 Å². The van der Waals surface area contributed by atoms with E-state index in [1.54, 1.807) is 24.3 Å². The monoisotopic (exact) mass is 460 g/mol. The van der Waals surface area contributed by atoms with Gasteiger partial charge < -0.3 is 9.47 Å². The van der Waals surface area contributed by atoms with Crippen molar-refractivity contribution in [1.29, 1.82) is 0 Å². The van der Waals surface area contributed by atoms with Gasteiger partial charge in [-0.1, -0.05) is 60.7 Å². The number of benzene rings is 2. The quantitative estimate of drug-likeness (QED) is 0.177. The number of thiophene rings is 2. The number of ether oxygens (including phenoxy) is 2. The first-order chi connectivity index (χ1) is 15.5. The second-order valence-corrected chi connectivity index (χ2v) is 8.92. The predicted molar refractivity (Wildman–Crippen MR) is 129 cm³/mol. The Labute approximate surface area is 194 Å². The van der Waals surface area contributed by atoms with Gasteiger partial charge in [0.05, 0.1) is 0 Å². The lowest BCUT2D eigenvalue weighted by molar-refractivity contribution is 0.0652. The molecule has 0 N–H and O–H groups in total. The molecule has 0 aliphatic heterocycles. The SMILES string of the molecule is Cc1ccccc1/C(OC(=O)c1cccs1)=C(\OC(=O)c1cccs1)c1ccccc1C. The molecule has 0 saturated heterocycles. The summed E-state index contributed by atoms with van der Waals surface area (Å²) in [5.74, 6) is -0.588. The van der Waals surface area contributed by atoms with Gasteiger partial charge in [-0.3, -0.25) is 0 Å². The van der Waals surface area contributed by atoms with Crippen LogP contribution >= 0.6 is 22.7 Å². The Morgan fingerprint density at radius 1 is 0.594 bits per heavy atom. The van der Waals surface area contributed by atoms with E-state index in [1.807, 2.05) is 73.1 Å². The van der Waals surface area contributed by atoms with E-state index in [-0.39, 0.29) is 11.5 Å². The van der Waals surface area contributed by atoms with E-state index in [0.29, 0.717) is 20.9 Å². The van der Waals surface area contributed by atoms with Crippen LogP contribution < -0.4 is 0 Å². The third-order valence-corrected chi connectivity index (χ3v) is 6.52. The molecule has 160 valence electrons. The topological polar surface area (TPSA) is 52.6 Å². The fourth-order valence-electron chi connectivity index (χ4n) is 3.18. The van der Waals surface area contributed by atoms with E-state index < -0.39 is 11.9 Å². The van der Waals surface area contributed by atoms with E-state index >= 15 is 0 Å². The maximum absolute atomic E-state index is 13.0. The van der Waals surface area contributed by atoms with Crippen LogP contribution in [0.2, 0.25) is 0 Å². The van der Waals surface area contributed by atoms with Gasteiger partial charge in [-0.05, 0) is 47.9 Å². The zero-order valence-electron chi connectivity index (χ0n) is 17.5. The number of carbonyl (C=O) groups excluding carboxylic acids is 2. The first kappa shape index (κ1) is 21.7. The van der Waals surface area contributed by atoms with E-state index in [1.165, 1.54) is 22.7 Å². The first-order valence-electron chi connectivity index (χ1n) is 9.92. The Morgan fingerprint density at radius 2 is 1.00 bits per heavy atom. The summed E-state index contributed by atoms with van der Waals surface area (Å²) in [6, 6.07) is 22.1. The summed E-state index contributed by atoms with van der Waals surface area (Å²) in [5.41, 5.74) is 3.13. The minimum absolute atomic E-state index is 0.209. The predicted octanol–water partition coefficient (Wildman–Crippen LogP) is 6.97. The molecular formula is C26H20O4S2. The van der Waals surface area contributed by atoms with Crippen LogP contribution in [-0.4, -0.2) is 11.9 Å². The number of rotatable bonds is 6. The molecule has 4 aromatic rings. The standard InChI is InChI=1S/C26H20O4S2/c1-17-9-3-5-11-19(17)23(29-25(27)21-13-7-15-31-21)24(20-12-6-4-10-18(20)2)30-26(28)22-14-8-16-32-22/h3-16H,1-2H3/b24-23+. The first-order valence-corrected chi connectivity index (χ1v) is 11.7. The molecule has 4 rings (SSSR count). The molecule has 6 heteroatoms. The third-order valence-electron chi connectivity index (χ3n) is 4.82. The number of aryl methyl sites for hydroxylation is 2. The fourth-order valence-corrected chi connectivity index (χ4v) is 4.38. The van der Waals surface area contributed by atoms with Gasteiger partial charge in [-0.25, -0.2) is 9.59 Å². The lowest BCUT2D eigenvalue weighted by Gasteiger charge is -2.18. The van der Waals surface area contributed by atoms with Crippen molar-refractivity contribution in [2.75, 3.05) is 0 Å². The van der Waals surface area contributed by atoms with Gasteiger partial charge >= 0.3 is 11.9 Å². The molecule has 2 heterocycles. The highest BCUT2D eigenvalue weighted by Crippen LogP contribution is 2.34. The number of hydrogen-bond donors (Lipinski definition) is 0. The lowest BCUT2D eigenvalue weighted by Crippen LogP contribution is -2.11. The second-order valence-electron chi connectivity index (χ2n) is 7.02. The van der Waals surface area contributed by atoms with Crippen LogP contribution in [0, 0.1) is 13.8 Å². The van der Waals surface area contributed by atoms with Gasteiger partial charge in [-0.15, -0.1) is 22.7 Å². The lowest BCUT2D eigenvalue weighted by atomic mass is 10.0. The van der Waals surface area contributed by atoms with Crippen LogP contribution in [0.3, 0.4) is 0 Å². The molecule has 0 aliphatic carbocycles. The largest absolute Gasteiger partial charge is 0.418 e. The second kappa shape index (κ2) is 9.77. The molecular weight excluding hydrogens is 440 g/mol. The van der Waals surface area contributed by atoms with Crippen molar-refractivity contribution in [2.24, 2.45) is 0 Å². The summed E-state index contributed by atoms with van der Waals surface area (Å²) in [4.78, 5) is 26.8. The van der Waals surface area contributed by atoms with Crippen LogP contribution in [0.15, 0.2) is 83.6 Å². The molecule has 0 bridgehead atoms. The molecule has 4 nitrogen and oxygen atoms in total. The Balaban J connectivity index is 1.91. The number of esters is 2. The average Bonchev–Trinajstić information content (AvgIpc) is 3.52. The summed E-state index contributed by atoms with van der Waals surface area (Å²) in [5, 5.41) is 3.62. The van der Waals surface area contributed by atoms with Crippen molar-refractivity contribution in [3.63, 3.8) is 0 Å². The summed E-state index contributed by atoms with van der Waals surface area (Å²) < 4.78 is 11.9. The molecule has 0 atom stereocenters. The molecule has 0 unspecified atom stereocenters. The minimum atomic E-state index is -0.503. The molecule has 0 radical (unpaired) electrons. The van der Waals surface area contributed by atoms with E-state index in [0.717, 1.165) is 11.1 Å². The van der Waals surface area contributed by atoms with Crippen molar-refractivity contribution in [3.05, 3.63) is 116 Å². The Hall–Kier alpha value is -3.48. The highest BCUT2D eigenvalue weighted by molar-refractivity contribution is 7.12. The summed E-state index contributed by atoms with van der Waals surface area (Å²) in [7, 11) is 0. The normalized spacial score (nSPS) is 11.6. The summed E-state index contributed by atoms with van der Waals surface area (Å²) in [6.07, 6.45) is 0. The van der Waals surface area contributed by atoms with Crippen molar-refractivity contribution < 1.29 is 19.1 Å². The van der Waals surface area contributed by atoms with Crippen molar-refractivity contribution in [3.8, 4) is 0 Å². The van der Waals surface area contributed by atoms with Gasteiger partial charge in [0.1, 0.15) is 9.75 Å². The van der Waals surface area contributed by atoms with Gasteiger partial charge in [0.25, 0.3) is 0 Å². The van der Waals surface area contributed by atoms with Crippen LogP contribution in [0.5, 0.6) is 0 Å². The van der Waals surface area contributed by atoms with Crippen LogP contribution in [0.1, 0.15) is 41.6 Å². The molecule has 0 spiro atoms. The molecule has 0 aliphatic rings. The molecule has 32 heavy (non-hydrogen) atoms. The summed E-state index contributed by atoms with van der Waals surface area (Å²) in [6.45, 7) is 3.84. The molecule has 0 saturated carbocycles. The van der Waals surface area contributed by atoms with Crippen molar-refractivity contribution in [2.45, 2.75) is 13.8 Å². The Kier molecular flexibility index (Phi) is 6.63. The molecule has 0 amide bonds. The van der Waals surface area contributed by atoms with E-state index in [9.17, 15) is 9.59 Å².